The van der Waals surface area contributed by atoms with Crippen molar-refractivity contribution in [3.05, 3.63) is 95.2 Å². The first-order valence-electron chi connectivity index (χ1n) is 12.4. The van der Waals surface area contributed by atoms with Gasteiger partial charge in [-0.05, 0) is 55.3 Å². The summed E-state index contributed by atoms with van der Waals surface area (Å²) in [7, 11) is 1.17. The number of imidazole rings is 1. The van der Waals surface area contributed by atoms with Gasteiger partial charge >= 0.3 is 6.09 Å². The van der Waals surface area contributed by atoms with Gasteiger partial charge in [0.2, 0.25) is 11.8 Å². The Bertz CT molecular complexity index is 1590. The number of fused-ring (bicyclic) bond motifs is 1. The lowest BCUT2D eigenvalue weighted by molar-refractivity contribution is -0.118. The molecule has 0 saturated heterocycles. The zero-order chi connectivity index (χ0) is 28.5. The van der Waals surface area contributed by atoms with Gasteiger partial charge in [-0.3, -0.25) is 14.4 Å². The Kier molecular flexibility index (Phi) is 8.92. The number of anilines is 1. The number of nitrogens with one attached hydrogen (secondary N) is 3. The summed E-state index contributed by atoms with van der Waals surface area (Å²) in [4.78, 5) is 56.6. The van der Waals surface area contributed by atoms with Crippen molar-refractivity contribution in [2.75, 3.05) is 12.4 Å². The summed E-state index contributed by atoms with van der Waals surface area (Å²) in [6.07, 6.45) is 3.82. The fraction of sp³-hybridized carbons (Fsp3) is 0.179. The molecular weight excluding hydrogens is 516 g/mol. The maximum Gasteiger partial charge on any atom is 0.407 e. The number of amides is 3. The number of nitrogens with zero attached hydrogens (tertiary/aromatic N) is 2. The fourth-order valence-corrected chi connectivity index (χ4v) is 3.90. The normalized spacial score (nSPS) is 11.7. The SMILES string of the molecule is COC(=O)NC(CC/C=C/C(N)=O)C(=O)Nc1cccn(Cc2nc3c(Oc4ccccc4)cccc3[nH]2)c1=O. The van der Waals surface area contributed by atoms with Crippen LogP contribution in [0, 0.1) is 0 Å². The molecule has 2 aromatic heterocycles. The summed E-state index contributed by atoms with van der Waals surface area (Å²) in [6.45, 7) is 0.101. The minimum Gasteiger partial charge on any atom is -0.455 e. The van der Waals surface area contributed by atoms with Gasteiger partial charge in [-0.15, -0.1) is 0 Å². The Labute approximate surface area is 228 Å². The van der Waals surface area contributed by atoms with E-state index in [0.29, 0.717) is 22.8 Å². The first-order valence-corrected chi connectivity index (χ1v) is 12.4. The number of primary amides is 1. The van der Waals surface area contributed by atoms with Crippen molar-refractivity contribution >= 4 is 34.6 Å². The summed E-state index contributed by atoms with van der Waals surface area (Å²) in [6, 6.07) is 16.9. The molecule has 0 aliphatic heterocycles. The second kappa shape index (κ2) is 12.9. The van der Waals surface area contributed by atoms with Gasteiger partial charge in [0.25, 0.3) is 5.56 Å². The number of methoxy groups -OCH3 is 1. The van der Waals surface area contributed by atoms with Crippen molar-refractivity contribution in [3.8, 4) is 11.5 Å². The zero-order valence-corrected chi connectivity index (χ0v) is 21.6. The minimum absolute atomic E-state index is 0.0149. The van der Waals surface area contributed by atoms with Gasteiger partial charge in [-0.1, -0.05) is 30.3 Å². The summed E-state index contributed by atoms with van der Waals surface area (Å²) >= 11 is 0. The van der Waals surface area contributed by atoms with Crippen LogP contribution in [-0.2, 0) is 20.9 Å². The number of para-hydroxylation sites is 2. The van der Waals surface area contributed by atoms with E-state index in [1.54, 1.807) is 12.3 Å². The summed E-state index contributed by atoms with van der Waals surface area (Å²) in [5.74, 6) is 0.490. The molecule has 3 amide bonds. The molecule has 0 spiro atoms. The van der Waals surface area contributed by atoms with E-state index < -0.39 is 29.5 Å². The van der Waals surface area contributed by atoms with Gasteiger partial charge in [0.05, 0.1) is 19.2 Å². The number of carbonyl (C=O) groups is 3. The topological polar surface area (TPSA) is 170 Å². The van der Waals surface area contributed by atoms with Crippen LogP contribution >= 0.6 is 0 Å². The summed E-state index contributed by atoms with van der Waals surface area (Å²) < 4.78 is 12.0. The highest BCUT2D eigenvalue weighted by molar-refractivity contribution is 5.96. The standard InChI is InChI=1S/C28H28N6O6/c1-39-28(38)32-20(11-5-6-15-23(29)35)26(36)31-21-13-8-16-34(27(21)37)17-24-30-19-12-7-14-22(25(19)33-24)40-18-9-3-2-4-10-18/h2-4,6-10,12-16,20H,5,11,17H2,1H3,(H2,29,35)(H,30,33)(H,31,36)(H,32,38)/b15-6+. The van der Waals surface area contributed by atoms with E-state index in [0.717, 1.165) is 11.6 Å². The molecule has 0 aliphatic carbocycles. The molecule has 40 heavy (non-hydrogen) atoms. The van der Waals surface area contributed by atoms with Crippen LogP contribution in [0.15, 0.2) is 83.8 Å². The van der Waals surface area contributed by atoms with Crippen LogP contribution < -0.4 is 26.7 Å². The van der Waals surface area contributed by atoms with Crippen LogP contribution in [0.2, 0.25) is 0 Å². The number of aromatic amines is 1. The molecule has 4 rings (SSSR count). The van der Waals surface area contributed by atoms with Crippen molar-refractivity contribution in [2.24, 2.45) is 5.73 Å². The molecule has 0 aliphatic rings. The minimum atomic E-state index is -1.03. The number of hydrogen-bond donors (Lipinski definition) is 4. The summed E-state index contributed by atoms with van der Waals surface area (Å²) in [5.41, 5.74) is 5.97. The predicted molar refractivity (Wildman–Crippen MR) is 148 cm³/mol. The molecule has 206 valence electrons. The highest BCUT2D eigenvalue weighted by Crippen LogP contribution is 2.28. The lowest BCUT2D eigenvalue weighted by Gasteiger charge is -2.17. The average Bonchev–Trinajstić information content (AvgIpc) is 3.36. The van der Waals surface area contributed by atoms with E-state index in [-0.39, 0.29) is 25.1 Å². The Balaban J connectivity index is 1.50. The van der Waals surface area contributed by atoms with Gasteiger partial charge in [-0.2, -0.15) is 0 Å². The van der Waals surface area contributed by atoms with Crippen LogP contribution in [0.5, 0.6) is 11.5 Å². The first-order chi connectivity index (χ1) is 19.3. The maximum absolute atomic E-state index is 13.2. The lowest BCUT2D eigenvalue weighted by atomic mass is 10.1. The first kappa shape index (κ1) is 27.6. The van der Waals surface area contributed by atoms with E-state index in [4.69, 9.17) is 10.5 Å². The van der Waals surface area contributed by atoms with Crippen molar-refractivity contribution in [3.63, 3.8) is 0 Å². The Morgan fingerprint density at radius 3 is 2.65 bits per heavy atom. The molecule has 12 nitrogen and oxygen atoms in total. The number of ether oxygens (including phenoxy) is 2. The van der Waals surface area contributed by atoms with Crippen molar-refractivity contribution in [1.29, 1.82) is 0 Å². The number of allylic oxidation sites excluding steroid dienone is 1. The van der Waals surface area contributed by atoms with Gasteiger partial charge < -0.3 is 35.4 Å². The van der Waals surface area contributed by atoms with E-state index in [1.165, 1.54) is 23.8 Å². The molecule has 0 radical (unpaired) electrons. The molecule has 2 aromatic carbocycles. The van der Waals surface area contributed by atoms with Crippen LogP contribution in [0.4, 0.5) is 10.5 Å². The Morgan fingerprint density at radius 1 is 1.10 bits per heavy atom. The van der Waals surface area contributed by atoms with Crippen LogP contribution in [-0.4, -0.2) is 45.6 Å². The number of carbonyl (C=O) groups excluding carboxylic acids is 3. The van der Waals surface area contributed by atoms with Gasteiger partial charge in [0.15, 0.2) is 5.75 Å². The molecule has 0 saturated carbocycles. The third-order valence-corrected chi connectivity index (χ3v) is 5.79. The quantitative estimate of drug-likeness (QED) is 0.210. The van der Waals surface area contributed by atoms with Crippen LogP contribution in [0.1, 0.15) is 18.7 Å². The van der Waals surface area contributed by atoms with Crippen molar-refractivity contribution in [1.82, 2.24) is 19.9 Å². The Hall–Kier alpha value is -5.39. The fourth-order valence-electron chi connectivity index (χ4n) is 3.90. The number of nitrogens with two attached hydrogens (primary N) is 1. The second-order valence-corrected chi connectivity index (χ2v) is 8.67. The molecule has 0 bridgehead atoms. The number of rotatable bonds is 11. The highest BCUT2D eigenvalue weighted by atomic mass is 16.5. The smallest absolute Gasteiger partial charge is 0.407 e. The van der Waals surface area contributed by atoms with Gasteiger partial charge in [0.1, 0.15) is 28.8 Å². The largest absolute Gasteiger partial charge is 0.455 e. The highest BCUT2D eigenvalue weighted by Gasteiger charge is 2.22. The Morgan fingerprint density at radius 2 is 1.90 bits per heavy atom. The third-order valence-electron chi connectivity index (χ3n) is 5.79. The zero-order valence-electron chi connectivity index (χ0n) is 21.6. The summed E-state index contributed by atoms with van der Waals surface area (Å²) in [5, 5.41) is 5.00. The molecular formula is C28H28N6O6. The monoisotopic (exact) mass is 544 g/mol. The number of benzene rings is 2. The molecule has 5 N–H and O–H groups in total. The van der Waals surface area contributed by atoms with E-state index in [2.05, 4.69) is 25.3 Å². The maximum atomic E-state index is 13.2. The molecule has 1 unspecified atom stereocenters. The molecule has 2 heterocycles. The van der Waals surface area contributed by atoms with Crippen LogP contribution in [0.25, 0.3) is 11.0 Å². The van der Waals surface area contributed by atoms with Gasteiger partial charge in [0, 0.05) is 6.20 Å². The predicted octanol–water partition coefficient (Wildman–Crippen LogP) is 3.05. The molecule has 0 fully saturated rings. The van der Waals surface area contributed by atoms with E-state index >= 15 is 0 Å². The van der Waals surface area contributed by atoms with Crippen molar-refractivity contribution in [2.45, 2.75) is 25.4 Å². The molecule has 12 heteroatoms. The average molecular weight is 545 g/mol. The van der Waals surface area contributed by atoms with E-state index in [9.17, 15) is 19.2 Å². The van der Waals surface area contributed by atoms with E-state index in [1.807, 2.05) is 48.5 Å². The van der Waals surface area contributed by atoms with Crippen LogP contribution in [0.3, 0.4) is 0 Å². The second-order valence-electron chi connectivity index (χ2n) is 8.67. The lowest BCUT2D eigenvalue weighted by Crippen LogP contribution is -2.44. The number of alkyl carbamates (subject to hydrolysis) is 1. The third kappa shape index (κ3) is 7.13. The van der Waals surface area contributed by atoms with Gasteiger partial charge in [-0.25, -0.2) is 9.78 Å². The number of H-pyrrole nitrogens is 1. The number of pyridine rings is 1. The molecule has 1 atom stereocenters. The number of aromatic nitrogens is 3. The van der Waals surface area contributed by atoms with Crippen molar-refractivity contribution < 1.29 is 23.9 Å². The number of hydrogen-bond acceptors (Lipinski definition) is 7. The molecule has 4 aromatic rings.